The van der Waals surface area contributed by atoms with E-state index in [0.717, 1.165) is 42.9 Å². The average molecular weight is 632 g/mol. The minimum atomic E-state index is -0.482. The molecule has 0 radical (unpaired) electrons. The van der Waals surface area contributed by atoms with Crippen molar-refractivity contribution >= 4 is 30.8 Å². The minimum absolute atomic E-state index is 0. The van der Waals surface area contributed by atoms with Crippen molar-refractivity contribution in [2.75, 3.05) is 40.4 Å². The maximum Gasteiger partial charge on any atom is 0.343 e. The summed E-state index contributed by atoms with van der Waals surface area (Å²) in [5, 5.41) is 0. The van der Waals surface area contributed by atoms with Gasteiger partial charge in [0.25, 0.3) is 0 Å². The lowest BCUT2D eigenvalue weighted by Crippen LogP contribution is -2.47. The smallest absolute Gasteiger partial charge is 0.343 e. The largest absolute Gasteiger partial charge is 0.493 e. The maximum absolute atomic E-state index is 13.7. The Bertz CT molecular complexity index is 1420. The second kappa shape index (κ2) is 15.7. The molecule has 0 atom stereocenters. The van der Waals surface area contributed by atoms with Crippen molar-refractivity contribution in [2.24, 2.45) is 0 Å². The highest BCUT2D eigenvalue weighted by Crippen LogP contribution is 2.41. The molecule has 0 amide bonds. The van der Waals surface area contributed by atoms with Crippen LogP contribution in [0.1, 0.15) is 33.1 Å². The Kier molecular flexibility index (Phi) is 12.3. The minimum Gasteiger partial charge on any atom is -0.493 e. The zero-order valence-corrected chi connectivity index (χ0v) is 25.5. The summed E-state index contributed by atoms with van der Waals surface area (Å²) in [6.07, 6.45) is 0. The number of hydrogen-bond donors (Lipinski definition) is 0. The first kappa shape index (κ1) is 33.8. The Morgan fingerprint density at radius 1 is 0.721 bits per heavy atom. The fourth-order valence-corrected chi connectivity index (χ4v) is 5.23. The number of hydrogen-bond acceptors (Lipinski definition) is 6. The second-order valence-electron chi connectivity index (χ2n) is 9.86. The molecule has 1 aliphatic rings. The van der Waals surface area contributed by atoms with Gasteiger partial charge in [0.05, 0.1) is 25.8 Å². The van der Waals surface area contributed by atoms with Crippen LogP contribution in [0.15, 0.2) is 91.0 Å². The van der Waals surface area contributed by atoms with Crippen LogP contribution in [0.25, 0.3) is 0 Å². The van der Waals surface area contributed by atoms with Gasteiger partial charge in [0.1, 0.15) is 11.6 Å². The quantitative estimate of drug-likeness (QED) is 0.147. The topological polar surface area (TPSA) is 51.2 Å². The molecular formula is C33H34Cl2F2N2O4. The first-order chi connectivity index (χ1) is 20.0. The van der Waals surface area contributed by atoms with Crippen LogP contribution in [-0.4, -0.2) is 56.2 Å². The average Bonchev–Trinajstić information content (AvgIpc) is 3.01. The molecule has 4 aromatic carbocycles. The van der Waals surface area contributed by atoms with Gasteiger partial charge in [-0.05, 0) is 53.6 Å². The summed E-state index contributed by atoms with van der Waals surface area (Å²) in [6, 6.07) is 25.3. The zero-order chi connectivity index (χ0) is 28.8. The standard InChI is InChI=1S/C33H32F2N2O4.2ClH/c1-39-29-17-12-26(31(32(29)40-2)41-33(38)25-6-4-3-5-7-25)22-36-18-20-37(21-19-36)30(23-8-13-27(34)14-9-23)24-10-15-28(35)16-11-24;;/h3-17,30H,18-22H2,1-2H3;2*1H. The number of nitrogens with zero attached hydrogens (tertiary/aromatic N) is 2. The fraction of sp³-hybridized carbons (Fsp3) is 0.242. The van der Waals surface area contributed by atoms with Gasteiger partial charge in [0, 0.05) is 38.3 Å². The van der Waals surface area contributed by atoms with Crippen LogP contribution in [0.3, 0.4) is 0 Å². The summed E-state index contributed by atoms with van der Waals surface area (Å²) in [7, 11) is 3.06. The summed E-state index contributed by atoms with van der Waals surface area (Å²) in [6.45, 7) is 3.46. The maximum atomic E-state index is 13.7. The van der Waals surface area contributed by atoms with Crippen LogP contribution < -0.4 is 14.2 Å². The van der Waals surface area contributed by atoms with Crippen molar-refractivity contribution in [3.05, 3.63) is 125 Å². The summed E-state index contributed by atoms with van der Waals surface area (Å²) in [5.41, 5.74) is 3.13. The van der Waals surface area contributed by atoms with Gasteiger partial charge in [-0.15, -0.1) is 24.8 Å². The van der Waals surface area contributed by atoms with Crippen LogP contribution in [0.4, 0.5) is 8.78 Å². The number of esters is 1. The van der Waals surface area contributed by atoms with Crippen molar-refractivity contribution in [1.29, 1.82) is 0 Å². The monoisotopic (exact) mass is 630 g/mol. The fourth-order valence-electron chi connectivity index (χ4n) is 5.23. The number of methoxy groups -OCH3 is 2. The van der Waals surface area contributed by atoms with Gasteiger partial charge in [0.2, 0.25) is 5.75 Å². The highest BCUT2D eigenvalue weighted by atomic mass is 35.5. The van der Waals surface area contributed by atoms with Crippen molar-refractivity contribution in [3.63, 3.8) is 0 Å². The molecule has 1 heterocycles. The zero-order valence-electron chi connectivity index (χ0n) is 23.9. The van der Waals surface area contributed by atoms with E-state index in [4.69, 9.17) is 14.2 Å². The van der Waals surface area contributed by atoms with Crippen LogP contribution >= 0.6 is 24.8 Å². The van der Waals surface area contributed by atoms with Gasteiger partial charge in [-0.2, -0.15) is 0 Å². The number of ether oxygens (including phenoxy) is 3. The molecule has 0 spiro atoms. The van der Waals surface area contributed by atoms with Crippen molar-refractivity contribution in [2.45, 2.75) is 12.6 Å². The van der Waals surface area contributed by atoms with E-state index >= 15 is 0 Å². The van der Waals surface area contributed by atoms with E-state index in [0.29, 0.717) is 29.4 Å². The number of carbonyl (C=O) groups is 1. The van der Waals surface area contributed by atoms with E-state index in [-0.39, 0.29) is 42.5 Å². The number of carbonyl (C=O) groups excluding carboxylic acids is 1. The molecule has 0 N–H and O–H groups in total. The normalized spacial score (nSPS) is 13.5. The Hall–Kier alpha value is -3.69. The number of rotatable bonds is 9. The van der Waals surface area contributed by atoms with Crippen molar-refractivity contribution in [3.8, 4) is 17.2 Å². The van der Waals surface area contributed by atoms with Gasteiger partial charge in [-0.1, -0.05) is 48.5 Å². The van der Waals surface area contributed by atoms with Crippen LogP contribution in [0.2, 0.25) is 0 Å². The molecule has 0 bridgehead atoms. The van der Waals surface area contributed by atoms with E-state index in [9.17, 15) is 13.6 Å². The van der Waals surface area contributed by atoms with Gasteiger partial charge in [-0.3, -0.25) is 9.80 Å². The van der Waals surface area contributed by atoms with E-state index < -0.39 is 5.97 Å². The summed E-state index contributed by atoms with van der Waals surface area (Å²) < 4.78 is 44.4. The SMILES string of the molecule is COc1ccc(CN2CCN(C(c3ccc(F)cc3)c3ccc(F)cc3)CC2)c(OC(=O)c2ccccc2)c1OC.Cl.Cl. The van der Waals surface area contributed by atoms with Gasteiger partial charge in [-0.25, -0.2) is 13.6 Å². The molecule has 228 valence electrons. The number of halogens is 4. The van der Waals surface area contributed by atoms with Crippen molar-refractivity contribution in [1.82, 2.24) is 9.80 Å². The van der Waals surface area contributed by atoms with E-state index in [1.165, 1.54) is 38.5 Å². The van der Waals surface area contributed by atoms with Crippen LogP contribution in [0, 0.1) is 11.6 Å². The van der Waals surface area contributed by atoms with E-state index in [1.54, 1.807) is 48.5 Å². The van der Waals surface area contributed by atoms with Crippen molar-refractivity contribution < 1.29 is 27.8 Å². The molecule has 1 aliphatic heterocycles. The third-order valence-corrected chi connectivity index (χ3v) is 7.32. The molecule has 4 aromatic rings. The molecule has 1 fully saturated rings. The highest BCUT2D eigenvalue weighted by Gasteiger charge is 2.28. The predicted octanol–water partition coefficient (Wildman–Crippen LogP) is 6.95. The first-order valence-corrected chi connectivity index (χ1v) is 13.4. The van der Waals surface area contributed by atoms with Crippen LogP contribution in [-0.2, 0) is 6.54 Å². The van der Waals surface area contributed by atoms with Gasteiger partial charge < -0.3 is 14.2 Å². The molecule has 0 saturated carbocycles. The van der Waals surface area contributed by atoms with Crippen LogP contribution in [0.5, 0.6) is 17.2 Å². The Balaban J connectivity index is 0.00000253. The molecule has 0 unspecified atom stereocenters. The van der Waals surface area contributed by atoms with E-state index in [1.807, 2.05) is 18.2 Å². The molecule has 0 aliphatic carbocycles. The molecule has 6 nitrogen and oxygen atoms in total. The summed E-state index contributed by atoms with van der Waals surface area (Å²) in [5.74, 6) is 0.0903. The number of piperazine rings is 1. The Morgan fingerprint density at radius 3 is 1.79 bits per heavy atom. The Labute approximate surface area is 263 Å². The number of benzene rings is 4. The second-order valence-corrected chi connectivity index (χ2v) is 9.86. The van der Waals surface area contributed by atoms with Gasteiger partial charge >= 0.3 is 5.97 Å². The first-order valence-electron chi connectivity index (χ1n) is 13.4. The molecule has 0 aromatic heterocycles. The lowest BCUT2D eigenvalue weighted by atomic mass is 9.96. The molecule has 10 heteroatoms. The molecule has 1 saturated heterocycles. The predicted molar refractivity (Wildman–Crippen MR) is 167 cm³/mol. The Morgan fingerprint density at radius 2 is 1.28 bits per heavy atom. The summed E-state index contributed by atoms with van der Waals surface area (Å²) >= 11 is 0. The molecule has 43 heavy (non-hydrogen) atoms. The lowest BCUT2D eigenvalue weighted by molar-refractivity contribution is 0.0721. The summed E-state index contributed by atoms with van der Waals surface area (Å²) in [4.78, 5) is 17.6. The molecule has 5 rings (SSSR count). The lowest BCUT2D eigenvalue weighted by Gasteiger charge is -2.40. The third kappa shape index (κ3) is 8.03. The van der Waals surface area contributed by atoms with Gasteiger partial charge in [0.15, 0.2) is 11.5 Å². The highest BCUT2D eigenvalue weighted by molar-refractivity contribution is 5.91. The third-order valence-electron chi connectivity index (χ3n) is 7.32. The molecular weight excluding hydrogens is 597 g/mol. The van der Waals surface area contributed by atoms with E-state index in [2.05, 4.69) is 9.80 Å².